The molecule has 0 aliphatic carbocycles. The molecule has 0 spiro atoms. The van der Waals surface area contributed by atoms with Crippen LogP contribution in [0.1, 0.15) is 29.3 Å². The molecule has 1 atom stereocenters. The summed E-state index contributed by atoms with van der Waals surface area (Å²) in [6.07, 6.45) is 0.629. The van der Waals surface area contributed by atoms with Crippen molar-refractivity contribution in [2.75, 3.05) is 6.26 Å². The van der Waals surface area contributed by atoms with Gasteiger partial charge in [0.25, 0.3) is 0 Å². The maximum Gasteiger partial charge on any atom is 0.371 e. The molecule has 0 aliphatic rings. The first-order chi connectivity index (χ1) is 9.77. The van der Waals surface area contributed by atoms with Crippen LogP contribution in [0.5, 0.6) is 5.75 Å². The Morgan fingerprint density at radius 1 is 1.19 bits per heavy atom. The van der Waals surface area contributed by atoms with E-state index in [9.17, 15) is 13.2 Å². The van der Waals surface area contributed by atoms with Crippen molar-refractivity contribution in [3.05, 3.63) is 47.9 Å². The Bertz CT molecular complexity index is 742. The molecule has 1 unspecified atom stereocenters. The summed E-state index contributed by atoms with van der Waals surface area (Å²) < 4.78 is 33.4. The van der Waals surface area contributed by atoms with Gasteiger partial charge in [0.2, 0.25) is 5.76 Å². The van der Waals surface area contributed by atoms with Gasteiger partial charge in [0.05, 0.1) is 4.90 Å². The summed E-state index contributed by atoms with van der Waals surface area (Å²) >= 11 is 0. The molecule has 7 heteroatoms. The average molecular weight is 310 g/mol. The summed E-state index contributed by atoms with van der Waals surface area (Å²) in [4.78, 5) is 10.9. The first-order valence-electron chi connectivity index (χ1n) is 6.07. The molecular formula is C14H14O6S. The number of carboxylic acids is 1. The van der Waals surface area contributed by atoms with Crippen molar-refractivity contribution in [2.24, 2.45) is 0 Å². The maximum atomic E-state index is 11.3. The summed E-state index contributed by atoms with van der Waals surface area (Å²) in [7, 11) is -3.25. The highest BCUT2D eigenvalue weighted by Crippen LogP contribution is 2.24. The summed E-state index contributed by atoms with van der Waals surface area (Å²) in [5.74, 6) is -0.471. The lowest BCUT2D eigenvalue weighted by molar-refractivity contribution is 0.0655. The molecule has 0 bridgehead atoms. The van der Waals surface area contributed by atoms with Gasteiger partial charge in [-0.25, -0.2) is 13.2 Å². The molecule has 1 aromatic carbocycles. The zero-order chi connectivity index (χ0) is 15.6. The van der Waals surface area contributed by atoms with E-state index in [1.54, 1.807) is 6.92 Å². The minimum absolute atomic E-state index is 0.159. The summed E-state index contributed by atoms with van der Waals surface area (Å²) in [5.41, 5.74) is 0. The van der Waals surface area contributed by atoms with Crippen LogP contribution in [0.4, 0.5) is 0 Å². The number of aromatic carboxylic acids is 1. The number of sulfone groups is 1. The molecule has 1 aromatic heterocycles. The van der Waals surface area contributed by atoms with Crippen LogP contribution in [-0.2, 0) is 9.84 Å². The van der Waals surface area contributed by atoms with Crippen LogP contribution in [0, 0.1) is 0 Å². The van der Waals surface area contributed by atoms with Gasteiger partial charge in [-0.15, -0.1) is 0 Å². The molecule has 0 saturated heterocycles. The standard InChI is InChI=1S/C14H14O6S/c1-9(12-7-8-13(20-12)14(15)16)19-10-3-5-11(6-4-10)21(2,17)18/h3-9H,1-2H3,(H,15,16). The zero-order valence-electron chi connectivity index (χ0n) is 11.4. The van der Waals surface area contributed by atoms with Crippen LogP contribution >= 0.6 is 0 Å². The van der Waals surface area contributed by atoms with Crippen LogP contribution < -0.4 is 4.74 Å². The smallest absolute Gasteiger partial charge is 0.371 e. The third-order valence-electron chi connectivity index (χ3n) is 2.80. The van der Waals surface area contributed by atoms with Crippen LogP contribution in [0.15, 0.2) is 45.7 Å². The SMILES string of the molecule is CC(Oc1ccc(S(C)(=O)=O)cc1)c1ccc(C(=O)O)o1. The highest BCUT2D eigenvalue weighted by Gasteiger charge is 2.16. The van der Waals surface area contributed by atoms with Gasteiger partial charge in [0, 0.05) is 6.26 Å². The minimum Gasteiger partial charge on any atom is -0.483 e. The molecule has 2 rings (SSSR count). The van der Waals surface area contributed by atoms with E-state index in [0.29, 0.717) is 11.5 Å². The number of ether oxygens (including phenoxy) is 1. The maximum absolute atomic E-state index is 11.3. The third kappa shape index (κ3) is 3.63. The van der Waals surface area contributed by atoms with E-state index in [1.165, 1.54) is 36.4 Å². The van der Waals surface area contributed by atoms with E-state index >= 15 is 0 Å². The van der Waals surface area contributed by atoms with Crippen LogP contribution in [-0.4, -0.2) is 25.7 Å². The monoisotopic (exact) mass is 310 g/mol. The van der Waals surface area contributed by atoms with E-state index in [2.05, 4.69) is 0 Å². The van der Waals surface area contributed by atoms with Gasteiger partial charge in [-0.2, -0.15) is 0 Å². The second-order valence-electron chi connectivity index (χ2n) is 4.51. The van der Waals surface area contributed by atoms with Crippen LogP contribution in [0.2, 0.25) is 0 Å². The van der Waals surface area contributed by atoms with E-state index < -0.39 is 21.9 Å². The lowest BCUT2D eigenvalue weighted by atomic mass is 10.3. The first-order valence-corrected chi connectivity index (χ1v) is 7.96. The lowest BCUT2D eigenvalue weighted by Crippen LogP contribution is -2.03. The third-order valence-corrected chi connectivity index (χ3v) is 3.93. The second-order valence-corrected chi connectivity index (χ2v) is 6.53. The molecule has 0 fully saturated rings. The molecule has 2 aromatic rings. The highest BCUT2D eigenvalue weighted by atomic mass is 32.2. The number of benzene rings is 1. The number of hydrogen-bond acceptors (Lipinski definition) is 5. The van der Waals surface area contributed by atoms with Gasteiger partial charge in [-0.05, 0) is 43.3 Å². The van der Waals surface area contributed by atoms with E-state index in [-0.39, 0.29) is 10.7 Å². The fraction of sp³-hybridized carbons (Fsp3) is 0.214. The molecule has 1 heterocycles. The van der Waals surface area contributed by atoms with Crippen molar-refractivity contribution in [3.8, 4) is 5.75 Å². The molecule has 21 heavy (non-hydrogen) atoms. The molecule has 6 nitrogen and oxygen atoms in total. The molecule has 1 N–H and O–H groups in total. The fourth-order valence-corrected chi connectivity index (χ4v) is 2.34. The van der Waals surface area contributed by atoms with Gasteiger partial charge >= 0.3 is 5.97 Å². The van der Waals surface area contributed by atoms with Crippen LogP contribution in [0.25, 0.3) is 0 Å². The number of rotatable bonds is 5. The fourth-order valence-electron chi connectivity index (χ4n) is 1.71. The number of hydrogen-bond donors (Lipinski definition) is 1. The molecule has 0 saturated carbocycles. The molecular weight excluding hydrogens is 296 g/mol. The molecule has 112 valence electrons. The van der Waals surface area contributed by atoms with Gasteiger partial charge in [0.1, 0.15) is 11.5 Å². The topological polar surface area (TPSA) is 93.8 Å². The van der Waals surface area contributed by atoms with Gasteiger partial charge in [-0.3, -0.25) is 0 Å². The van der Waals surface area contributed by atoms with Crippen molar-refractivity contribution >= 4 is 15.8 Å². The Kier molecular flexibility index (Phi) is 4.04. The highest BCUT2D eigenvalue weighted by molar-refractivity contribution is 7.90. The summed E-state index contributed by atoms with van der Waals surface area (Å²) in [5, 5.41) is 8.78. The Morgan fingerprint density at radius 3 is 2.29 bits per heavy atom. The van der Waals surface area contributed by atoms with E-state index in [1.807, 2.05) is 0 Å². The molecule has 0 aliphatic heterocycles. The van der Waals surface area contributed by atoms with Crippen molar-refractivity contribution < 1.29 is 27.5 Å². The lowest BCUT2D eigenvalue weighted by Gasteiger charge is -2.12. The van der Waals surface area contributed by atoms with E-state index in [0.717, 1.165) is 6.26 Å². The molecule has 0 amide bonds. The first kappa shape index (κ1) is 15.1. The quantitative estimate of drug-likeness (QED) is 0.912. The Morgan fingerprint density at radius 2 is 1.81 bits per heavy atom. The van der Waals surface area contributed by atoms with E-state index in [4.69, 9.17) is 14.3 Å². The predicted octanol–water partition coefficient (Wildman–Crippen LogP) is 2.52. The molecule has 0 radical (unpaired) electrons. The van der Waals surface area contributed by atoms with Crippen molar-refractivity contribution in [1.29, 1.82) is 0 Å². The van der Waals surface area contributed by atoms with Gasteiger partial charge in [-0.1, -0.05) is 0 Å². The number of carboxylic acid groups (broad SMARTS) is 1. The van der Waals surface area contributed by atoms with Crippen LogP contribution in [0.3, 0.4) is 0 Å². The Labute approximate surface area is 121 Å². The minimum atomic E-state index is -3.25. The van der Waals surface area contributed by atoms with Gasteiger partial charge < -0.3 is 14.3 Å². The normalized spacial score (nSPS) is 12.9. The van der Waals surface area contributed by atoms with Gasteiger partial charge in [0.15, 0.2) is 15.9 Å². The summed E-state index contributed by atoms with van der Waals surface area (Å²) in [6, 6.07) is 8.84. The van der Waals surface area contributed by atoms with Crippen molar-refractivity contribution in [3.63, 3.8) is 0 Å². The predicted molar refractivity (Wildman–Crippen MR) is 74.3 cm³/mol. The zero-order valence-corrected chi connectivity index (χ0v) is 12.3. The Hall–Kier alpha value is -2.28. The Balaban J connectivity index is 2.12. The number of furan rings is 1. The summed E-state index contributed by atoms with van der Waals surface area (Å²) in [6.45, 7) is 1.70. The second kappa shape index (κ2) is 5.61. The largest absolute Gasteiger partial charge is 0.483 e. The van der Waals surface area contributed by atoms with Crippen molar-refractivity contribution in [1.82, 2.24) is 0 Å². The number of carbonyl (C=O) groups is 1. The van der Waals surface area contributed by atoms with Crippen molar-refractivity contribution in [2.45, 2.75) is 17.9 Å². The average Bonchev–Trinajstić information content (AvgIpc) is 2.88.